The monoisotopic (exact) mass is 403 g/mol. The summed E-state index contributed by atoms with van der Waals surface area (Å²) in [5, 5.41) is 15.5. The van der Waals surface area contributed by atoms with Gasteiger partial charge in [0.05, 0.1) is 21.4 Å². The Bertz CT molecular complexity index is 1040. The van der Waals surface area contributed by atoms with E-state index in [2.05, 4.69) is 16.4 Å². The minimum Gasteiger partial charge on any atom is -0.358 e. The largest absolute Gasteiger partial charge is 0.358 e. The summed E-state index contributed by atoms with van der Waals surface area (Å²) >= 11 is 13.3. The highest BCUT2D eigenvalue weighted by atomic mass is 35.5. The first kappa shape index (κ1) is 18.4. The molecule has 1 N–H and O–H groups in total. The summed E-state index contributed by atoms with van der Waals surface area (Å²) in [6.07, 6.45) is 1.45. The van der Waals surface area contributed by atoms with Gasteiger partial charge in [-0.05, 0) is 36.8 Å². The quantitative estimate of drug-likeness (QED) is 0.502. The molecular weight excluding hydrogens is 392 g/mol. The third-order valence-corrected chi connectivity index (χ3v) is 5.18. The lowest BCUT2D eigenvalue weighted by atomic mass is 10.2. The molecule has 1 aromatic heterocycles. The van der Waals surface area contributed by atoms with Gasteiger partial charge in [0.15, 0.2) is 0 Å². The molecule has 7 heteroatoms. The van der Waals surface area contributed by atoms with Crippen molar-refractivity contribution in [3.8, 4) is 17.3 Å². The second-order valence-electron chi connectivity index (χ2n) is 5.46. The third-order valence-electron chi connectivity index (χ3n) is 3.56. The highest BCUT2D eigenvalue weighted by Gasteiger charge is 2.11. The van der Waals surface area contributed by atoms with E-state index >= 15 is 0 Å². The van der Waals surface area contributed by atoms with Gasteiger partial charge in [-0.25, -0.2) is 9.37 Å². The van der Waals surface area contributed by atoms with Gasteiger partial charge in [-0.2, -0.15) is 5.26 Å². The maximum absolute atomic E-state index is 13.8. The second kappa shape index (κ2) is 7.88. The van der Waals surface area contributed by atoms with Crippen LogP contribution in [0.5, 0.6) is 0 Å². The minimum atomic E-state index is -0.389. The first-order valence-electron chi connectivity index (χ1n) is 7.52. The number of nitrogens with zero attached hydrogens (tertiary/aromatic N) is 2. The number of thiazole rings is 1. The molecule has 0 aliphatic heterocycles. The number of nitriles is 1. The number of nitrogens with one attached hydrogen (secondary N) is 1. The van der Waals surface area contributed by atoms with Crippen LogP contribution in [-0.4, -0.2) is 4.98 Å². The van der Waals surface area contributed by atoms with Crippen molar-refractivity contribution in [2.24, 2.45) is 0 Å². The second-order valence-corrected chi connectivity index (χ2v) is 7.14. The number of aromatic nitrogens is 1. The van der Waals surface area contributed by atoms with E-state index < -0.39 is 0 Å². The van der Waals surface area contributed by atoms with E-state index in [0.29, 0.717) is 32.0 Å². The van der Waals surface area contributed by atoms with Crippen LogP contribution in [0, 0.1) is 24.1 Å². The topological polar surface area (TPSA) is 48.7 Å². The maximum Gasteiger partial charge on any atom is 0.146 e. The van der Waals surface area contributed by atoms with Crippen molar-refractivity contribution in [2.75, 3.05) is 5.32 Å². The molecule has 0 amide bonds. The molecule has 0 saturated heterocycles. The van der Waals surface area contributed by atoms with Gasteiger partial charge in [0, 0.05) is 17.1 Å². The fourth-order valence-corrected chi connectivity index (χ4v) is 3.32. The molecule has 0 aliphatic carbocycles. The van der Waals surface area contributed by atoms with E-state index in [0.717, 1.165) is 11.1 Å². The minimum absolute atomic E-state index is 0.305. The lowest BCUT2D eigenvalue weighted by Gasteiger charge is -2.04. The molecule has 3 rings (SSSR count). The first-order valence-corrected chi connectivity index (χ1v) is 9.16. The highest BCUT2D eigenvalue weighted by molar-refractivity contribution is 7.11. The van der Waals surface area contributed by atoms with E-state index in [1.54, 1.807) is 24.3 Å². The fourth-order valence-electron chi connectivity index (χ4n) is 2.23. The number of benzene rings is 2. The summed E-state index contributed by atoms with van der Waals surface area (Å²) in [4.78, 5) is 4.47. The molecule has 130 valence electrons. The van der Waals surface area contributed by atoms with E-state index in [1.807, 2.05) is 18.4 Å². The smallest absolute Gasteiger partial charge is 0.146 e. The molecule has 26 heavy (non-hydrogen) atoms. The molecule has 3 aromatic rings. The van der Waals surface area contributed by atoms with Gasteiger partial charge in [-0.3, -0.25) is 0 Å². The third kappa shape index (κ3) is 4.05. The summed E-state index contributed by atoms with van der Waals surface area (Å²) in [6, 6.07) is 12.0. The number of hydrogen-bond acceptors (Lipinski definition) is 4. The molecule has 0 fully saturated rings. The zero-order chi connectivity index (χ0) is 18.7. The number of rotatable bonds is 4. The predicted molar refractivity (Wildman–Crippen MR) is 106 cm³/mol. The van der Waals surface area contributed by atoms with Gasteiger partial charge in [0.1, 0.15) is 22.5 Å². The standard InChI is InChI=1S/C19H12Cl2FN3S/c1-11-2-5-16(22)17(6-11)24-9-13(8-23)19-25-18(10-26-19)12-3-4-14(20)15(21)7-12/h2-7,9-10,24H,1H3/b13-9+. The van der Waals surface area contributed by atoms with Gasteiger partial charge in [0.25, 0.3) is 0 Å². The van der Waals surface area contributed by atoms with E-state index in [-0.39, 0.29) is 5.82 Å². The van der Waals surface area contributed by atoms with Crippen LogP contribution in [0.25, 0.3) is 16.8 Å². The van der Waals surface area contributed by atoms with Gasteiger partial charge in [-0.15, -0.1) is 11.3 Å². The summed E-state index contributed by atoms with van der Waals surface area (Å²) < 4.78 is 13.8. The molecule has 0 aliphatic rings. The van der Waals surface area contributed by atoms with Crippen LogP contribution in [0.15, 0.2) is 48.0 Å². The molecule has 0 radical (unpaired) electrons. The lowest BCUT2D eigenvalue weighted by Crippen LogP contribution is -1.94. The normalized spacial score (nSPS) is 11.3. The summed E-state index contributed by atoms with van der Waals surface area (Å²) in [5.41, 5.74) is 3.02. The van der Waals surface area contributed by atoms with Crippen LogP contribution in [0.3, 0.4) is 0 Å². The van der Waals surface area contributed by atoms with Gasteiger partial charge in [-0.1, -0.05) is 35.3 Å². The number of hydrogen-bond donors (Lipinski definition) is 1. The van der Waals surface area contributed by atoms with Gasteiger partial charge in [0.2, 0.25) is 0 Å². The van der Waals surface area contributed by atoms with Crippen molar-refractivity contribution in [1.82, 2.24) is 4.98 Å². The van der Waals surface area contributed by atoms with E-state index in [1.165, 1.54) is 23.6 Å². The Morgan fingerprint density at radius 1 is 1.23 bits per heavy atom. The molecule has 3 nitrogen and oxygen atoms in total. The highest BCUT2D eigenvalue weighted by Crippen LogP contribution is 2.31. The molecule has 0 spiro atoms. The maximum atomic E-state index is 13.8. The number of aryl methyl sites for hydroxylation is 1. The van der Waals surface area contributed by atoms with Crippen molar-refractivity contribution < 1.29 is 4.39 Å². The summed E-state index contributed by atoms with van der Waals surface area (Å²) in [6.45, 7) is 1.86. The molecular formula is C19H12Cl2FN3S. The van der Waals surface area contributed by atoms with Crippen molar-refractivity contribution >= 4 is 45.8 Å². The van der Waals surface area contributed by atoms with E-state index in [4.69, 9.17) is 23.2 Å². The SMILES string of the molecule is Cc1ccc(F)c(N/C=C(\C#N)c2nc(-c3ccc(Cl)c(Cl)c3)cs2)c1. The summed E-state index contributed by atoms with van der Waals surface area (Å²) in [5.74, 6) is -0.389. The Labute approximate surface area is 164 Å². The van der Waals surface area contributed by atoms with Gasteiger partial charge >= 0.3 is 0 Å². The average Bonchev–Trinajstić information content (AvgIpc) is 3.10. The fraction of sp³-hybridized carbons (Fsp3) is 0.0526. The predicted octanol–water partition coefficient (Wildman–Crippen LogP) is 6.54. The van der Waals surface area contributed by atoms with Crippen LogP contribution in [0.2, 0.25) is 10.0 Å². The van der Waals surface area contributed by atoms with Crippen molar-refractivity contribution in [2.45, 2.75) is 6.92 Å². The van der Waals surface area contributed by atoms with Crippen LogP contribution < -0.4 is 5.32 Å². The first-order chi connectivity index (χ1) is 12.5. The van der Waals surface area contributed by atoms with Crippen LogP contribution in [0.4, 0.5) is 10.1 Å². The molecule has 0 unspecified atom stereocenters. The Morgan fingerprint density at radius 3 is 2.77 bits per heavy atom. The lowest BCUT2D eigenvalue weighted by molar-refractivity contribution is 0.631. The molecule has 1 heterocycles. The van der Waals surface area contributed by atoms with Crippen LogP contribution >= 0.6 is 34.5 Å². The van der Waals surface area contributed by atoms with Crippen LogP contribution in [0.1, 0.15) is 10.6 Å². The Kier molecular flexibility index (Phi) is 5.58. The average molecular weight is 404 g/mol. The van der Waals surface area contributed by atoms with Crippen LogP contribution in [-0.2, 0) is 0 Å². The van der Waals surface area contributed by atoms with Crippen molar-refractivity contribution in [1.29, 1.82) is 5.26 Å². The summed E-state index contributed by atoms with van der Waals surface area (Å²) in [7, 11) is 0. The Balaban J connectivity index is 1.87. The van der Waals surface area contributed by atoms with Gasteiger partial charge < -0.3 is 5.32 Å². The Hall–Kier alpha value is -2.39. The van der Waals surface area contributed by atoms with Crippen molar-refractivity contribution in [3.63, 3.8) is 0 Å². The zero-order valence-corrected chi connectivity index (χ0v) is 15.9. The number of halogens is 3. The molecule has 0 atom stereocenters. The van der Waals surface area contributed by atoms with Crippen molar-refractivity contribution in [3.05, 3.63) is 74.4 Å². The van der Waals surface area contributed by atoms with E-state index in [9.17, 15) is 9.65 Å². The Morgan fingerprint density at radius 2 is 2.04 bits per heavy atom. The zero-order valence-electron chi connectivity index (χ0n) is 13.6. The number of allylic oxidation sites excluding steroid dienone is 1. The molecule has 0 saturated carbocycles. The number of anilines is 1. The molecule has 2 aromatic carbocycles. The molecule has 0 bridgehead atoms.